The molecule has 0 atom stereocenters. The van der Waals surface area contributed by atoms with Crippen molar-refractivity contribution in [2.24, 2.45) is 0 Å². The van der Waals surface area contributed by atoms with Crippen LogP contribution in [0.5, 0.6) is 0 Å². The zero-order valence-corrected chi connectivity index (χ0v) is 9.32. The van der Waals surface area contributed by atoms with Gasteiger partial charge in [-0.25, -0.2) is 9.31 Å². The lowest BCUT2D eigenvalue weighted by Gasteiger charge is -2.03. The molecule has 0 aromatic carbocycles. The zero-order chi connectivity index (χ0) is 12.5. The fourth-order valence-electron chi connectivity index (χ4n) is 1.94. The number of rotatable bonds is 2. The highest BCUT2D eigenvalue weighted by molar-refractivity contribution is 5.98. The third kappa shape index (κ3) is 1.53. The molecule has 5 heteroatoms. The molecule has 3 heterocycles. The molecule has 0 aliphatic rings. The number of carbonyl (C=O) groups is 1. The minimum Gasteiger partial charge on any atom is -0.478 e. The van der Waals surface area contributed by atoms with Crippen molar-refractivity contribution in [1.82, 2.24) is 14.6 Å². The molecular formula is C13H9N3O2. The summed E-state index contributed by atoms with van der Waals surface area (Å²) < 4.78 is 1.71. The number of carboxylic acid groups (broad SMARTS) is 1. The molecule has 0 spiro atoms. The normalized spacial score (nSPS) is 10.7. The lowest BCUT2D eigenvalue weighted by molar-refractivity contribution is 0.0697. The van der Waals surface area contributed by atoms with E-state index < -0.39 is 5.97 Å². The van der Waals surface area contributed by atoms with Crippen LogP contribution < -0.4 is 0 Å². The lowest BCUT2D eigenvalue weighted by Crippen LogP contribution is -2.00. The second kappa shape index (κ2) is 3.96. The molecule has 3 rings (SSSR count). The molecule has 1 N–H and O–H groups in total. The van der Waals surface area contributed by atoms with Crippen LogP contribution in [-0.2, 0) is 0 Å². The van der Waals surface area contributed by atoms with E-state index in [2.05, 4.69) is 10.1 Å². The van der Waals surface area contributed by atoms with Crippen molar-refractivity contribution in [2.45, 2.75) is 0 Å². The quantitative estimate of drug-likeness (QED) is 0.743. The predicted molar refractivity (Wildman–Crippen MR) is 65.4 cm³/mol. The van der Waals surface area contributed by atoms with Gasteiger partial charge in [-0.1, -0.05) is 6.07 Å². The Morgan fingerprint density at radius 3 is 2.89 bits per heavy atom. The molecule has 0 saturated carbocycles. The summed E-state index contributed by atoms with van der Waals surface area (Å²) >= 11 is 0. The number of hydrogen-bond acceptors (Lipinski definition) is 3. The standard InChI is InChI=1S/C13H9N3O2/c17-13(18)11-7-14-5-4-9(11)10-8-15-16-6-2-1-3-12(10)16/h1-8H,(H,17,18). The molecular weight excluding hydrogens is 230 g/mol. The SMILES string of the molecule is O=C(O)c1cnccc1-c1cnn2ccccc12. The van der Waals surface area contributed by atoms with Gasteiger partial charge < -0.3 is 5.11 Å². The van der Waals surface area contributed by atoms with Crippen LogP contribution in [0, 0.1) is 0 Å². The molecule has 0 radical (unpaired) electrons. The van der Waals surface area contributed by atoms with Crippen molar-refractivity contribution in [2.75, 3.05) is 0 Å². The molecule has 5 nitrogen and oxygen atoms in total. The molecule has 0 unspecified atom stereocenters. The Kier molecular flexibility index (Phi) is 2.30. The first kappa shape index (κ1) is 10.5. The maximum atomic E-state index is 11.2. The van der Waals surface area contributed by atoms with Gasteiger partial charge in [-0.2, -0.15) is 5.10 Å². The van der Waals surface area contributed by atoms with Crippen LogP contribution in [-0.4, -0.2) is 25.7 Å². The number of pyridine rings is 2. The van der Waals surface area contributed by atoms with Gasteiger partial charge >= 0.3 is 5.97 Å². The van der Waals surface area contributed by atoms with Gasteiger partial charge in [0.15, 0.2) is 0 Å². The number of aromatic nitrogens is 3. The van der Waals surface area contributed by atoms with Crippen molar-refractivity contribution < 1.29 is 9.90 Å². The van der Waals surface area contributed by atoms with Gasteiger partial charge in [0.25, 0.3) is 0 Å². The second-order valence-electron chi connectivity index (χ2n) is 3.82. The fourth-order valence-corrected chi connectivity index (χ4v) is 1.94. The summed E-state index contributed by atoms with van der Waals surface area (Å²) in [5.74, 6) is -0.992. The number of fused-ring (bicyclic) bond motifs is 1. The minimum atomic E-state index is -0.992. The highest BCUT2D eigenvalue weighted by Crippen LogP contribution is 2.26. The molecule has 18 heavy (non-hydrogen) atoms. The van der Waals surface area contributed by atoms with Gasteiger partial charge in [-0.05, 0) is 18.2 Å². The van der Waals surface area contributed by atoms with Gasteiger partial charge in [-0.15, -0.1) is 0 Å². The Balaban J connectivity index is 2.30. The van der Waals surface area contributed by atoms with E-state index in [4.69, 9.17) is 5.11 Å². The monoisotopic (exact) mass is 239 g/mol. The Bertz CT molecular complexity index is 734. The summed E-state index contributed by atoms with van der Waals surface area (Å²) in [5.41, 5.74) is 2.46. The lowest BCUT2D eigenvalue weighted by atomic mass is 10.0. The first-order valence-corrected chi connectivity index (χ1v) is 5.37. The third-order valence-electron chi connectivity index (χ3n) is 2.77. The Hall–Kier alpha value is -2.69. The van der Waals surface area contributed by atoms with Gasteiger partial charge in [0, 0.05) is 29.7 Å². The molecule has 0 saturated heterocycles. The van der Waals surface area contributed by atoms with Crippen molar-refractivity contribution in [1.29, 1.82) is 0 Å². The first-order valence-electron chi connectivity index (χ1n) is 5.37. The van der Waals surface area contributed by atoms with E-state index in [1.54, 1.807) is 23.0 Å². The van der Waals surface area contributed by atoms with Crippen LogP contribution in [0.1, 0.15) is 10.4 Å². The minimum absolute atomic E-state index is 0.177. The summed E-state index contributed by atoms with van der Waals surface area (Å²) in [6, 6.07) is 7.35. The summed E-state index contributed by atoms with van der Waals surface area (Å²) in [4.78, 5) is 15.0. The van der Waals surface area contributed by atoms with E-state index in [1.807, 2.05) is 24.4 Å². The molecule has 0 aliphatic carbocycles. The van der Waals surface area contributed by atoms with E-state index in [1.165, 1.54) is 6.20 Å². The van der Waals surface area contributed by atoms with Crippen LogP contribution in [0.3, 0.4) is 0 Å². The maximum absolute atomic E-state index is 11.2. The number of aromatic carboxylic acids is 1. The Morgan fingerprint density at radius 1 is 1.17 bits per heavy atom. The highest BCUT2D eigenvalue weighted by atomic mass is 16.4. The van der Waals surface area contributed by atoms with Gasteiger partial charge in [-0.3, -0.25) is 4.98 Å². The molecule has 88 valence electrons. The van der Waals surface area contributed by atoms with Crippen LogP contribution in [0.4, 0.5) is 0 Å². The van der Waals surface area contributed by atoms with E-state index >= 15 is 0 Å². The van der Waals surface area contributed by atoms with Crippen molar-refractivity contribution in [3.05, 3.63) is 54.6 Å². The summed E-state index contributed by atoms with van der Waals surface area (Å²) in [5, 5.41) is 13.4. The molecule has 0 bridgehead atoms. The number of carboxylic acids is 1. The van der Waals surface area contributed by atoms with Gasteiger partial charge in [0.1, 0.15) is 0 Å². The number of nitrogens with zero attached hydrogens (tertiary/aromatic N) is 3. The average molecular weight is 239 g/mol. The summed E-state index contributed by atoms with van der Waals surface area (Å²) in [7, 11) is 0. The van der Waals surface area contributed by atoms with E-state index in [0.29, 0.717) is 5.56 Å². The Morgan fingerprint density at radius 2 is 2.06 bits per heavy atom. The van der Waals surface area contributed by atoms with Crippen LogP contribution in [0.25, 0.3) is 16.6 Å². The summed E-state index contributed by atoms with van der Waals surface area (Å²) in [6.07, 6.45) is 6.41. The van der Waals surface area contributed by atoms with Crippen LogP contribution in [0.15, 0.2) is 49.1 Å². The van der Waals surface area contributed by atoms with Crippen molar-refractivity contribution >= 4 is 11.5 Å². The topological polar surface area (TPSA) is 67.5 Å². The highest BCUT2D eigenvalue weighted by Gasteiger charge is 2.14. The second-order valence-corrected chi connectivity index (χ2v) is 3.82. The van der Waals surface area contributed by atoms with Gasteiger partial charge in [0.2, 0.25) is 0 Å². The van der Waals surface area contributed by atoms with Gasteiger partial charge in [0.05, 0.1) is 17.3 Å². The van der Waals surface area contributed by atoms with E-state index in [0.717, 1.165) is 11.1 Å². The number of hydrogen-bond donors (Lipinski definition) is 1. The van der Waals surface area contributed by atoms with Crippen LogP contribution >= 0.6 is 0 Å². The Labute approximate surface area is 102 Å². The predicted octanol–water partition coefficient (Wildman–Crippen LogP) is 2.09. The van der Waals surface area contributed by atoms with E-state index in [-0.39, 0.29) is 5.56 Å². The fraction of sp³-hybridized carbons (Fsp3) is 0. The molecule has 3 aromatic heterocycles. The summed E-state index contributed by atoms with van der Waals surface area (Å²) in [6.45, 7) is 0. The average Bonchev–Trinajstić information content (AvgIpc) is 2.82. The van der Waals surface area contributed by atoms with Crippen molar-refractivity contribution in [3.8, 4) is 11.1 Å². The molecule has 0 aliphatic heterocycles. The third-order valence-corrected chi connectivity index (χ3v) is 2.77. The zero-order valence-electron chi connectivity index (χ0n) is 9.32. The largest absolute Gasteiger partial charge is 0.478 e. The first-order chi connectivity index (χ1) is 8.77. The molecule has 0 amide bonds. The van der Waals surface area contributed by atoms with Crippen LogP contribution in [0.2, 0.25) is 0 Å². The molecule has 0 fully saturated rings. The van der Waals surface area contributed by atoms with E-state index in [9.17, 15) is 4.79 Å². The molecule has 3 aromatic rings. The smallest absolute Gasteiger partial charge is 0.337 e. The van der Waals surface area contributed by atoms with Crippen molar-refractivity contribution in [3.63, 3.8) is 0 Å². The maximum Gasteiger partial charge on any atom is 0.337 e.